The minimum absolute atomic E-state index is 0.145. The second-order valence-corrected chi connectivity index (χ2v) is 3.72. The molecule has 0 saturated carbocycles. The molecule has 1 atom stereocenters. The number of fused-ring (bicyclic) bond motifs is 1. The first-order valence-electron chi connectivity index (χ1n) is 5.09. The van der Waals surface area contributed by atoms with Crippen LogP contribution in [0.4, 0.5) is 0 Å². The quantitative estimate of drug-likeness (QED) is 0.820. The molecule has 0 aliphatic heterocycles. The van der Waals surface area contributed by atoms with E-state index in [1.165, 1.54) is 10.7 Å². The normalized spacial score (nSPS) is 12.6. The fraction of sp³-hybridized carbons (Fsp3) is 0.273. The van der Waals surface area contributed by atoms with Gasteiger partial charge in [0.1, 0.15) is 17.9 Å². The van der Waals surface area contributed by atoms with Crippen molar-refractivity contribution in [2.75, 3.05) is 6.61 Å². The van der Waals surface area contributed by atoms with E-state index in [9.17, 15) is 4.79 Å². The van der Waals surface area contributed by atoms with Crippen LogP contribution in [0.3, 0.4) is 0 Å². The van der Waals surface area contributed by atoms with Gasteiger partial charge in [0.05, 0.1) is 24.0 Å². The Morgan fingerprint density at radius 3 is 3.00 bits per heavy atom. The number of ether oxygens (including phenoxy) is 1. The Balaban J connectivity index is 2.29. The number of carbonyl (C=O) groups is 1. The Labute approximate surface area is 97.1 Å². The fourth-order valence-corrected chi connectivity index (χ4v) is 1.43. The van der Waals surface area contributed by atoms with E-state index in [1.807, 2.05) is 0 Å². The zero-order valence-electron chi connectivity index (χ0n) is 9.20. The number of carboxylic acid groups (broad SMARTS) is 1. The smallest absolute Gasteiger partial charge is 0.339 e. The third kappa shape index (κ3) is 2.36. The topological polar surface area (TPSA) is 84.1 Å². The van der Waals surface area contributed by atoms with Gasteiger partial charge in [0.2, 0.25) is 0 Å². The molecule has 6 heteroatoms. The van der Waals surface area contributed by atoms with Crippen molar-refractivity contribution in [2.24, 2.45) is 0 Å². The monoisotopic (exact) mass is 236 g/mol. The maximum absolute atomic E-state index is 10.9. The number of aromatic carboxylic acids is 1. The van der Waals surface area contributed by atoms with Crippen LogP contribution < -0.4 is 4.74 Å². The van der Waals surface area contributed by atoms with E-state index in [2.05, 4.69) is 5.10 Å². The molecule has 0 spiro atoms. The predicted octanol–water partition coefficient (Wildman–Crippen LogP) is 0.792. The number of aliphatic hydroxyl groups excluding tert-OH is 1. The van der Waals surface area contributed by atoms with Gasteiger partial charge in [-0.05, 0) is 19.1 Å². The number of hydrogen-bond donors (Lipinski definition) is 2. The van der Waals surface area contributed by atoms with E-state index < -0.39 is 12.1 Å². The Hall–Kier alpha value is -2.08. The Morgan fingerprint density at radius 1 is 1.59 bits per heavy atom. The number of aliphatic hydroxyl groups is 1. The van der Waals surface area contributed by atoms with E-state index in [4.69, 9.17) is 14.9 Å². The standard InChI is InChI=1S/C11H12N2O4/c1-7(14)6-17-8-2-3-10-9(11(15)16)4-12-13(10)5-8/h2-5,7,14H,6H2,1H3,(H,15,16)/t7-/m0/s1. The van der Waals surface area contributed by atoms with Crippen molar-refractivity contribution in [2.45, 2.75) is 13.0 Å². The highest BCUT2D eigenvalue weighted by molar-refractivity contribution is 5.95. The molecule has 2 rings (SSSR count). The number of carboxylic acids is 1. The molecule has 0 fully saturated rings. The summed E-state index contributed by atoms with van der Waals surface area (Å²) in [5, 5.41) is 21.9. The molecule has 0 aliphatic carbocycles. The lowest BCUT2D eigenvalue weighted by molar-refractivity contribution is 0.0699. The van der Waals surface area contributed by atoms with Crippen molar-refractivity contribution in [3.63, 3.8) is 0 Å². The Bertz CT molecular complexity index is 547. The van der Waals surface area contributed by atoms with Crippen LogP contribution in [0.1, 0.15) is 17.3 Å². The second kappa shape index (κ2) is 4.42. The third-order valence-corrected chi connectivity index (χ3v) is 2.21. The van der Waals surface area contributed by atoms with Crippen LogP contribution in [0.2, 0.25) is 0 Å². The molecule has 0 aliphatic rings. The lowest BCUT2D eigenvalue weighted by Crippen LogP contribution is -2.13. The van der Waals surface area contributed by atoms with Gasteiger partial charge in [0.25, 0.3) is 0 Å². The summed E-state index contributed by atoms with van der Waals surface area (Å²) >= 11 is 0. The summed E-state index contributed by atoms with van der Waals surface area (Å²) in [6, 6.07) is 3.26. The second-order valence-electron chi connectivity index (χ2n) is 3.72. The molecule has 90 valence electrons. The van der Waals surface area contributed by atoms with Crippen molar-refractivity contribution < 1.29 is 19.7 Å². The molecule has 6 nitrogen and oxygen atoms in total. The summed E-state index contributed by atoms with van der Waals surface area (Å²) in [7, 11) is 0. The molecule has 0 radical (unpaired) electrons. The van der Waals surface area contributed by atoms with Crippen LogP contribution in [0.15, 0.2) is 24.5 Å². The van der Waals surface area contributed by atoms with E-state index in [-0.39, 0.29) is 12.2 Å². The molecule has 0 saturated heterocycles. The fourth-order valence-electron chi connectivity index (χ4n) is 1.43. The highest BCUT2D eigenvalue weighted by atomic mass is 16.5. The summed E-state index contributed by atoms with van der Waals surface area (Å²) in [5.41, 5.74) is 0.647. The van der Waals surface area contributed by atoms with Crippen molar-refractivity contribution in [1.82, 2.24) is 9.61 Å². The van der Waals surface area contributed by atoms with Gasteiger partial charge in [-0.15, -0.1) is 0 Å². The maximum atomic E-state index is 10.9. The summed E-state index contributed by atoms with van der Waals surface area (Å²) in [6.45, 7) is 1.80. The van der Waals surface area contributed by atoms with Gasteiger partial charge in [-0.3, -0.25) is 0 Å². The number of hydrogen-bond acceptors (Lipinski definition) is 4. The minimum atomic E-state index is -1.02. The average molecular weight is 236 g/mol. The minimum Gasteiger partial charge on any atom is -0.489 e. The molecule has 2 aromatic heterocycles. The molecule has 0 amide bonds. The first kappa shape index (κ1) is 11.4. The average Bonchev–Trinajstić information content (AvgIpc) is 2.69. The third-order valence-electron chi connectivity index (χ3n) is 2.21. The van der Waals surface area contributed by atoms with Gasteiger partial charge in [-0.25, -0.2) is 9.31 Å². The number of rotatable bonds is 4. The van der Waals surface area contributed by atoms with Crippen molar-refractivity contribution in [3.05, 3.63) is 30.1 Å². The van der Waals surface area contributed by atoms with Gasteiger partial charge >= 0.3 is 5.97 Å². The van der Waals surface area contributed by atoms with Crippen LogP contribution in [0.25, 0.3) is 5.52 Å². The van der Waals surface area contributed by atoms with Gasteiger partial charge in [0.15, 0.2) is 0 Å². The Morgan fingerprint density at radius 2 is 2.35 bits per heavy atom. The summed E-state index contributed by atoms with van der Waals surface area (Å²) < 4.78 is 6.72. The summed E-state index contributed by atoms with van der Waals surface area (Å²) in [5.74, 6) is -0.490. The van der Waals surface area contributed by atoms with E-state index in [1.54, 1.807) is 25.3 Å². The highest BCUT2D eigenvalue weighted by Crippen LogP contribution is 2.16. The first-order valence-corrected chi connectivity index (χ1v) is 5.09. The molecule has 0 aromatic carbocycles. The predicted molar refractivity (Wildman–Crippen MR) is 59.3 cm³/mol. The van der Waals surface area contributed by atoms with Crippen LogP contribution in [-0.2, 0) is 0 Å². The molecule has 0 bridgehead atoms. The SMILES string of the molecule is C[C@H](O)COc1ccc2c(C(=O)O)cnn2c1. The lowest BCUT2D eigenvalue weighted by atomic mass is 10.2. The van der Waals surface area contributed by atoms with Crippen molar-refractivity contribution in [1.29, 1.82) is 0 Å². The van der Waals surface area contributed by atoms with Gasteiger partial charge in [-0.2, -0.15) is 5.10 Å². The highest BCUT2D eigenvalue weighted by Gasteiger charge is 2.11. The van der Waals surface area contributed by atoms with E-state index in [0.717, 1.165) is 0 Å². The van der Waals surface area contributed by atoms with Crippen LogP contribution >= 0.6 is 0 Å². The summed E-state index contributed by atoms with van der Waals surface area (Å²) in [6.07, 6.45) is 2.30. The number of nitrogens with zero attached hydrogens (tertiary/aromatic N) is 2. The zero-order chi connectivity index (χ0) is 12.4. The molecule has 2 heterocycles. The van der Waals surface area contributed by atoms with Crippen molar-refractivity contribution >= 4 is 11.5 Å². The molecule has 2 aromatic rings. The first-order chi connectivity index (χ1) is 8.08. The largest absolute Gasteiger partial charge is 0.489 e. The van der Waals surface area contributed by atoms with Crippen LogP contribution in [-0.4, -0.2) is 38.5 Å². The maximum Gasteiger partial charge on any atom is 0.339 e. The molecular formula is C11H12N2O4. The van der Waals surface area contributed by atoms with E-state index in [0.29, 0.717) is 11.3 Å². The van der Waals surface area contributed by atoms with Crippen LogP contribution in [0, 0.1) is 0 Å². The summed E-state index contributed by atoms with van der Waals surface area (Å²) in [4.78, 5) is 10.9. The van der Waals surface area contributed by atoms with Gasteiger partial charge < -0.3 is 14.9 Å². The molecular weight excluding hydrogens is 224 g/mol. The van der Waals surface area contributed by atoms with E-state index >= 15 is 0 Å². The zero-order valence-corrected chi connectivity index (χ0v) is 9.20. The molecule has 2 N–H and O–H groups in total. The van der Waals surface area contributed by atoms with Gasteiger partial charge in [-0.1, -0.05) is 0 Å². The van der Waals surface area contributed by atoms with Gasteiger partial charge in [0, 0.05) is 0 Å². The number of pyridine rings is 1. The Kier molecular flexibility index (Phi) is 2.97. The number of aromatic nitrogens is 2. The molecule has 0 unspecified atom stereocenters. The van der Waals surface area contributed by atoms with Crippen LogP contribution in [0.5, 0.6) is 5.75 Å². The molecule has 17 heavy (non-hydrogen) atoms. The lowest BCUT2D eigenvalue weighted by Gasteiger charge is -2.07. The van der Waals surface area contributed by atoms with Crippen molar-refractivity contribution in [3.8, 4) is 5.75 Å².